The lowest BCUT2D eigenvalue weighted by Crippen LogP contribution is -2.06. The molecule has 1 aromatic rings. The molecule has 0 radical (unpaired) electrons. The molecule has 0 spiro atoms. The minimum Gasteiger partial charge on any atom is -0.462 e. The van der Waals surface area contributed by atoms with Gasteiger partial charge in [0.15, 0.2) is 0 Å². The molecule has 0 fully saturated rings. The Balaban J connectivity index is 2.99. The zero-order chi connectivity index (χ0) is 11.3. The molecule has 2 N–H and O–H groups in total. The van der Waals surface area contributed by atoms with Crippen molar-refractivity contribution in [1.29, 1.82) is 0 Å². The summed E-state index contributed by atoms with van der Waals surface area (Å²) in [7, 11) is 0. The van der Waals surface area contributed by atoms with Crippen LogP contribution in [0.3, 0.4) is 0 Å². The normalized spacial score (nSPS) is 10.0. The summed E-state index contributed by atoms with van der Waals surface area (Å²) >= 11 is 1.59. The summed E-state index contributed by atoms with van der Waals surface area (Å²) in [6.45, 7) is 4.21. The molecule has 1 rings (SSSR count). The van der Waals surface area contributed by atoms with Gasteiger partial charge in [-0.2, -0.15) is 0 Å². The Morgan fingerprint density at radius 2 is 2.20 bits per heavy atom. The molecule has 0 saturated carbocycles. The maximum atomic E-state index is 11.6. The summed E-state index contributed by atoms with van der Waals surface area (Å²) < 4.78 is 4.96. The number of hydrogen-bond acceptors (Lipinski definition) is 4. The van der Waals surface area contributed by atoms with Crippen LogP contribution in [-0.2, 0) is 4.74 Å². The first-order valence-electron chi connectivity index (χ1n) is 4.88. The Bertz CT molecular complexity index is 352. The van der Waals surface area contributed by atoms with Crippen LogP contribution in [0.4, 0.5) is 5.69 Å². The van der Waals surface area contributed by atoms with Gasteiger partial charge in [-0.1, -0.05) is 6.92 Å². The molecule has 0 unspecified atom stereocenters. The van der Waals surface area contributed by atoms with Crippen LogP contribution in [-0.4, -0.2) is 18.3 Å². The zero-order valence-corrected chi connectivity index (χ0v) is 9.76. The first-order chi connectivity index (χ1) is 7.19. The highest BCUT2D eigenvalue weighted by Crippen LogP contribution is 2.25. The molecule has 0 heterocycles. The average Bonchev–Trinajstić information content (AvgIpc) is 2.18. The van der Waals surface area contributed by atoms with Gasteiger partial charge in [0.2, 0.25) is 0 Å². The number of hydrogen-bond donors (Lipinski definition) is 1. The van der Waals surface area contributed by atoms with Gasteiger partial charge in [-0.25, -0.2) is 4.79 Å². The molecule has 0 aliphatic heterocycles. The van der Waals surface area contributed by atoms with Crippen molar-refractivity contribution in [2.45, 2.75) is 18.7 Å². The largest absolute Gasteiger partial charge is 0.462 e. The fourth-order valence-electron chi connectivity index (χ4n) is 1.19. The van der Waals surface area contributed by atoms with E-state index in [1.807, 2.05) is 6.92 Å². The smallest absolute Gasteiger partial charge is 0.339 e. The second-order valence-corrected chi connectivity index (χ2v) is 4.21. The number of carbonyl (C=O) groups is 1. The predicted molar refractivity (Wildman–Crippen MR) is 63.2 cm³/mol. The Kier molecular flexibility index (Phi) is 4.49. The van der Waals surface area contributed by atoms with E-state index in [1.165, 1.54) is 0 Å². The SMILES string of the molecule is CCOC(=O)c1ccc(N)cc1SCC. The average molecular weight is 225 g/mol. The Labute approximate surface area is 94.0 Å². The van der Waals surface area contributed by atoms with E-state index >= 15 is 0 Å². The van der Waals surface area contributed by atoms with Crippen LogP contribution < -0.4 is 5.73 Å². The van der Waals surface area contributed by atoms with Gasteiger partial charge < -0.3 is 10.5 Å². The topological polar surface area (TPSA) is 52.3 Å². The van der Waals surface area contributed by atoms with Crippen molar-refractivity contribution in [3.63, 3.8) is 0 Å². The number of thioether (sulfide) groups is 1. The molecule has 0 aromatic heterocycles. The molecule has 0 saturated heterocycles. The number of nitrogen functional groups attached to an aromatic ring is 1. The molecule has 0 aliphatic carbocycles. The van der Waals surface area contributed by atoms with Gasteiger partial charge in [0.05, 0.1) is 12.2 Å². The van der Waals surface area contributed by atoms with Crippen molar-refractivity contribution >= 4 is 23.4 Å². The summed E-state index contributed by atoms with van der Waals surface area (Å²) in [5, 5.41) is 0. The molecule has 82 valence electrons. The third kappa shape index (κ3) is 3.16. The lowest BCUT2D eigenvalue weighted by atomic mass is 10.2. The molecule has 0 amide bonds. The van der Waals surface area contributed by atoms with Crippen molar-refractivity contribution in [2.24, 2.45) is 0 Å². The van der Waals surface area contributed by atoms with E-state index in [9.17, 15) is 4.79 Å². The monoisotopic (exact) mass is 225 g/mol. The van der Waals surface area contributed by atoms with Crippen LogP contribution in [0.25, 0.3) is 0 Å². The van der Waals surface area contributed by atoms with E-state index in [0.717, 1.165) is 10.6 Å². The quantitative estimate of drug-likeness (QED) is 0.486. The highest BCUT2D eigenvalue weighted by molar-refractivity contribution is 7.99. The van der Waals surface area contributed by atoms with Crippen LogP contribution in [0, 0.1) is 0 Å². The number of esters is 1. The lowest BCUT2D eigenvalue weighted by molar-refractivity contribution is 0.0522. The Morgan fingerprint density at radius 1 is 1.47 bits per heavy atom. The van der Waals surface area contributed by atoms with Gasteiger partial charge >= 0.3 is 5.97 Å². The Hall–Kier alpha value is -1.16. The molecule has 0 atom stereocenters. The van der Waals surface area contributed by atoms with Crippen LogP contribution in [0.1, 0.15) is 24.2 Å². The van der Waals surface area contributed by atoms with Gasteiger partial charge in [-0.05, 0) is 30.9 Å². The molecular weight excluding hydrogens is 210 g/mol. The van der Waals surface area contributed by atoms with Gasteiger partial charge in [-0.15, -0.1) is 11.8 Å². The molecular formula is C11H15NO2S. The molecule has 0 bridgehead atoms. The van der Waals surface area contributed by atoms with E-state index in [1.54, 1.807) is 36.9 Å². The first-order valence-corrected chi connectivity index (χ1v) is 5.87. The minimum absolute atomic E-state index is 0.284. The number of carbonyl (C=O) groups excluding carboxylic acids is 1. The second-order valence-electron chi connectivity index (χ2n) is 2.91. The van der Waals surface area contributed by atoms with Gasteiger partial charge in [0, 0.05) is 10.6 Å². The van der Waals surface area contributed by atoms with Crippen LogP contribution >= 0.6 is 11.8 Å². The Morgan fingerprint density at radius 3 is 2.80 bits per heavy atom. The summed E-state index contributed by atoms with van der Waals surface area (Å²) in [5.41, 5.74) is 6.93. The minimum atomic E-state index is -0.284. The lowest BCUT2D eigenvalue weighted by Gasteiger charge is -2.08. The van der Waals surface area contributed by atoms with Crippen molar-refractivity contribution < 1.29 is 9.53 Å². The van der Waals surface area contributed by atoms with Crippen molar-refractivity contribution in [1.82, 2.24) is 0 Å². The molecule has 4 heteroatoms. The standard InChI is InChI=1S/C11H15NO2S/c1-3-14-11(13)9-6-5-8(12)7-10(9)15-4-2/h5-7H,3-4,12H2,1-2H3. The first kappa shape index (κ1) is 11.9. The van der Waals surface area contributed by atoms with Gasteiger partial charge in [0.25, 0.3) is 0 Å². The number of rotatable bonds is 4. The van der Waals surface area contributed by atoms with Gasteiger partial charge in [0.1, 0.15) is 0 Å². The molecule has 3 nitrogen and oxygen atoms in total. The van der Waals surface area contributed by atoms with Gasteiger partial charge in [-0.3, -0.25) is 0 Å². The summed E-state index contributed by atoms with van der Waals surface area (Å²) in [4.78, 5) is 12.5. The summed E-state index contributed by atoms with van der Waals surface area (Å²) in [6.07, 6.45) is 0. The van der Waals surface area contributed by atoms with Crippen molar-refractivity contribution in [2.75, 3.05) is 18.1 Å². The van der Waals surface area contributed by atoms with E-state index in [2.05, 4.69) is 0 Å². The molecule has 1 aromatic carbocycles. The fraction of sp³-hybridized carbons (Fsp3) is 0.364. The predicted octanol–water partition coefficient (Wildman–Crippen LogP) is 2.56. The van der Waals surface area contributed by atoms with E-state index in [-0.39, 0.29) is 5.97 Å². The third-order valence-corrected chi connectivity index (χ3v) is 2.74. The summed E-state index contributed by atoms with van der Waals surface area (Å²) in [5.74, 6) is 0.615. The second kappa shape index (κ2) is 5.66. The third-order valence-electron chi connectivity index (χ3n) is 1.80. The van der Waals surface area contributed by atoms with E-state index in [4.69, 9.17) is 10.5 Å². The zero-order valence-electron chi connectivity index (χ0n) is 8.95. The van der Waals surface area contributed by atoms with E-state index < -0.39 is 0 Å². The van der Waals surface area contributed by atoms with Crippen LogP contribution in [0.15, 0.2) is 23.1 Å². The van der Waals surface area contributed by atoms with Crippen LogP contribution in [0.2, 0.25) is 0 Å². The van der Waals surface area contributed by atoms with Crippen LogP contribution in [0.5, 0.6) is 0 Å². The number of anilines is 1. The fourth-order valence-corrected chi connectivity index (χ4v) is 2.03. The molecule has 15 heavy (non-hydrogen) atoms. The number of ether oxygens (including phenoxy) is 1. The highest BCUT2D eigenvalue weighted by Gasteiger charge is 2.12. The van der Waals surface area contributed by atoms with E-state index in [0.29, 0.717) is 17.9 Å². The maximum absolute atomic E-state index is 11.6. The number of benzene rings is 1. The van der Waals surface area contributed by atoms with Crippen molar-refractivity contribution in [3.8, 4) is 0 Å². The highest BCUT2D eigenvalue weighted by atomic mass is 32.2. The summed E-state index contributed by atoms with van der Waals surface area (Å²) in [6, 6.07) is 5.23. The van der Waals surface area contributed by atoms with Crippen molar-refractivity contribution in [3.05, 3.63) is 23.8 Å². The maximum Gasteiger partial charge on any atom is 0.339 e. The molecule has 0 aliphatic rings. The number of nitrogens with two attached hydrogens (primary N) is 1.